The van der Waals surface area contributed by atoms with Crippen LogP contribution in [0.5, 0.6) is 11.5 Å². The van der Waals surface area contributed by atoms with E-state index in [1.54, 1.807) is 36.4 Å². The summed E-state index contributed by atoms with van der Waals surface area (Å²) in [4.78, 5) is 0. The third-order valence-electron chi connectivity index (χ3n) is 6.14. The van der Waals surface area contributed by atoms with Gasteiger partial charge in [0.1, 0.15) is 35.9 Å². The molecule has 1 heterocycles. The number of hydrogen-bond donors (Lipinski definition) is 7. The van der Waals surface area contributed by atoms with E-state index in [9.17, 15) is 35.7 Å². The number of hydrogen-bond acceptors (Lipinski definition) is 9. The molecular weight excluding hydrogens is 444 g/mol. The van der Waals surface area contributed by atoms with Gasteiger partial charge in [0.2, 0.25) is 0 Å². The number of phenols is 2. The average Bonchev–Trinajstić information content (AvgIpc) is 2.83. The molecule has 34 heavy (non-hydrogen) atoms. The number of benzene rings is 2. The standard InChI is InChI=1S/C25H34O9/c26-14-21-22(30)23(31)24(32)25(34-21)33-20(13-8-16-6-11-18(28)12-7-16)19(29)3-1-2-15-4-9-17(27)10-5-15/h4-7,9-12,19-32H,1-3,8,13-14H2/t19?,20?,21-,22-,23+,24-,25-/m1/s1. The molecule has 0 bridgehead atoms. The highest BCUT2D eigenvalue weighted by atomic mass is 16.7. The molecule has 2 unspecified atom stereocenters. The zero-order valence-corrected chi connectivity index (χ0v) is 18.8. The highest BCUT2D eigenvalue weighted by molar-refractivity contribution is 5.26. The van der Waals surface area contributed by atoms with Crippen molar-refractivity contribution >= 4 is 0 Å². The van der Waals surface area contributed by atoms with E-state index in [4.69, 9.17) is 9.47 Å². The summed E-state index contributed by atoms with van der Waals surface area (Å²) < 4.78 is 11.4. The summed E-state index contributed by atoms with van der Waals surface area (Å²) in [7, 11) is 0. The van der Waals surface area contributed by atoms with E-state index in [0.717, 1.165) is 11.1 Å². The van der Waals surface area contributed by atoms with Crippen molar-refractivity contribution in [2.24, 2.45) is 0 Å². The maximum atomic E-state index is 10.9. The molecule has 0 saturated carbocycles. The Hall–Kier alpha value is -2.24. The molecule has 9 nitrogen and oxygen atoms in total. The predicted octanol–water partition coefficient (Wildman–Crippen LogP) is 0.599. The van der Waals surface area contributed by atoms with Gasteiger partial charge in [0.05, 0.1) is 18.8 Å². The van der Waals surface area contributed by atoms with E-state index in [2.05, 4.69) is 0 Å². The lowest BCUT2D eigenvalue weighted by atomic mass is 9.97. The van der Waals surface area contributed by atoms with E-state index in [1.165, 1.54) is 0 Å². The third kappa shape index (κ3) is 7.13. The molecular formula is C25H34O9. The number of ether oxygens (including phenoxy) is 2. The van der Waals surface area contributed by atoms with Gasteiger partial charge in [0.25, 0.3) is 0 Å². The molecule has 1 saturated heterocycles. The summed E-state index contributed by atoms with van der Waals surface area (Å²) >= 11 is 0. The third-order valence-corrected chi connectivity index (χ3v) is 6.14. The van der Waals surface area contributed by atoms with Crippen molar-refractivity contribution in [2.45, 2.75) is 75.0 Å². The second kappa shape index (κ2) is 12.5. The summed E-state index contributed by atoms with van der Waals surface area (Å²) in [6.45, 7) is -0.571. The maximum Gasteiger partial charge on any atom is 0.187 e. The SMILES string of the molecule is OC[C@H]1O[C@@H](OC(CCc2ccc(O)cc2)C(O)CCCc2ccc(O)cc2)[C@H](O)[C@@H](O)[C@@H]1O. The Balaban J connectivity index is 1.64. The fraction of sp³-hybridized carbons (Fsp3) is 0.520. The van der Waals surface area contributed by atoms with Crippen LogP contribution in [0.3, 0.4) is 0 Å². The van der Waals surface area contributed by atoms with Crippen LogP contribution < -0.4 is 0 Å². The van der Waals surface area contributed by atoms with E-state index >= 15 is 0 Å². The van der Waals surface area contributed by atoms with Gasteiger partial charge in [-0.05, 0) is 67.5 Å². The number of aromatic hydroxyl groups is 2. The van der Waals surface area contributed by atoms with Gasteiger partial charge in [0, 0.05) is 0 Å². The number of aliphatic hydroxyl groups is 5. The highest BCUT2D eigenvalue weighted by Crippen LogP contribution is 2.26. The van der Waals surface area contributed by atoms with Crippen molar-refractivity contribution in [3.63, 3.8) is 0 Å². The summed E-state index contributed by atoms with van der Waals surface area (Å²) in [6.07, 6.45) is -6.17. The van der Waals surface area contributed by atoms with Crippen LogP contribution in [-0.2, 0) is 22.3 Å². The van der Waals surface area contributed by atoms with Gasteiger partial charge >= 0.3 is 0 Å². The highest BCUT2D eigenvalue weighted by Gasteiger charge is 2.45. The minimum atomic E-state index is -1.57. The molecule has 188 valence electrons. The molecule has 7 atom stereocenters. The Kier molecular flexibility index (Phi) is 9.66. The molecule has 1 aliphatic heterocycles. The van der Waals surface area contributed by atoms with Gasteiger partial charge in [-0.15, -0.1) is 0 Å². The van der Waals surface area contributed by atoms with Crippen LogP contribution >= 0.6 is 0 Å². The largest absolute Gasteiger partial charge is 0.508 e. The zero-order chi connectivity index (χ0) is 24.7. The van der Waals surface area contributed by atoms with Gasteiger partial charge < -0.3 is 45.2 Å². The second-order valence-corrected chi connectivity index (χ2v) is 8.70. The van der Waals surface area contributed by atoms with E-state index in [1.807, 2.05) is 12.1 Å². The number of phenolic OH excluding ortho intramolecular Hbond substituents is 2. The first-order valence-electron chi connectivity index (χ1n) is 11.5. The molecule has 0 spiro atoms. The van der Waals surface area contributed by atoms with E-state index in [-0.39, 0.29) is 11.5 Å². The summed E-state index contributed by atoms with van der Waals surface area (Å²) in [5.41, 5.74) is 1.93. The van der Waals surface area contributed by atoms with Crippen LogP contribution in [0.1, 0.15) is 30.4 Å². The fourth-order valence-electron chi connectivity index (χ4n) is 4.04. The van der Waals surface area contributed by atoms with Gasteiger partial charge in [-0.3, -0.25) is 0 Å². The lowest BCUT2D eigenvalue weighted by Crippen LogP contribution is -2.60. The Morgan fingerprint density at radius 2 is 1.32 bits per heavy atom. The Morgan fingerprint density at radius 1 is 0.765 bits per heavy atom. The molecule has 7 N–H and O–H groups in total. The van der Waals surface area contributed by atoms with Crippen LogP contribution in [0.4, 0.5) is 0 Å². The number of aryl methyl sites for hydroxylation is 2. The van der Waals surface area contributed by atoms with Gasteiger partial charge in [-0.1, -0.05) is 24.3 Å². The Bertz CT molecular complexity index is 856. The average molecular weight is 479 g/mol. The molecule has 3 rings (SSSR count). The first-order chi connectivity index (χ1) is 16.3. The molecule has 0 aromatic heterocycles. The first kappa shape index (κ1) is 26.4. The molecule has 1 aliphatic rings. The predicted molar refractivity (Wildman–Crippen MR) is 122 cm³/mol. The maximum absolute atomic E-state index is 10.9. The quantitative estimate of drug-likeness (QED) is 0.245. The summed E-state index contributed by atoms with van der Waals surface area (Å²) in [6, 6.07) is 13.5. The zero-order valence-electron chi connectivity index (χ0n) is 18.8. The van der Waals surface area contributed by atoms with Crippen molar-refractivity contribution in [1.82, 2.24) is 0 Å². The molecule has 2 aromatic rings. The lowest BCUT2D eigenvalue weighted by molar-refractivity contribution is -0.317. The Labute approximate surface area is 198 Å². The van der Waals surface area contributed by atoms with Crippen molar-refractivity contribution in [3.05, 3.63) is 59.7 Å². The molecule has 0 aliphatic carbocycles. The number of aliphatic hydroxyl groups excluding tert-OH is 5. The van der Waals surface area contributed by atoms with Crippen LogP contribution in [0.2, 0.25) is 0 Å². The van der Waals surface area contributed by atoms with Crippen LogP contribution in [0.25, 0.3) is 0 Å². The second-order valence-electron chi connectivity index (χ2n) is 8.70. The fourth-order valence-corrected chi connectivity index (χ4v) is 4.04. The van der Waals surface area contributed by atoms with Gasteiger partial charge in [0.15, 0.2) is 6.29 Å². The van der Waals surface area contributed by atoms with Crippen molar-refractivity contribution < 1.29 is 45.2 Å². The van der Waals surface area contributed by atoms with E-state index < -0.39 is 49.5 Å². The van der Waals surface area contributed by atoms with Crippen molar-refractivity contribution in [3.8, 4) is 11.5 Å². The molecule has 0 amide bonds. The summed E-state index contributed by atoms with van der Waals surface area (Å²) in [5, 5.41) is 69.6. The molecule has 2 aromatic carbocycles. The van der Waals surface area contributed by atoms with Crippen LogP contribution in [0.15, 0.2) is 48.5 Å². The molecule has 0 radical (unpaired) electrons. The van der Waals surface area contributed by atoms with Gasteiger partial charge in [-0.2, -0.15) is 0 Å². The van der Waals surface area contributed by atoms with E-state index in [0.29, 0.717) is 32.1 Å². The number of rotatable bonds is 11. The normalized spacial score (nSPS) is 26.8. The van der Waals surface area contributed by atoms with Crippen molar-refractivity contribution in [2.75, 3.05) is 6.61 Å². The van der Waals surface area contributed by atoms with Crippen LogP contribution in [-0.4, -0.2) is 85.3 Å². The first-order valence-corrected chi connectivity index (χ1v) is 11.5. The van der Waals surface area contributed by atoms with Crippen molar-refractivity contribution in [1.29, 1.82) is 0 Å². The van der Waals surface area contributed by atoms with Gasteiger partial charge in [-0.25, -0.2) is 0 Å². The molecule has 9 heteroatoms. The minimum absolute atomic E-state index is 0.145. The smallest absolute Gasteiger partial charge is 0.187 e. The molecule has 1 fully saturated rings. The topological polar surface area (TPSA) is 160 Å². The van der Waals surface area contributed by atoms with Crippen LogP contribution in [0, 0.1) is 0 Å². The lowest BCUT2D eigenvalue weighted by Gasteiger charge is -2.41. The Morgan fingerprint density at radius 3 is 1.88 bits per heavy atom. The summed E-state index contributed by atoms with van der Waals surface area (Å²) in [5.74, 6) is 0.332. The monoisotopic (exact) mass is 478 g/mol. The minimum Gasteiger partial charge on any atom is -0.508 e.